The Bertz CT molecular complexity index is 730. The SMILES string of the molecule is COc1cccc(CC(=O)Oc2cc(CN)ccc2[N+](=O)[O-])c1. The molecule has 2 rings (SSSR count). The topological polar surface area (TPSA) is 105 Å². The van der Waals surface area contributed by atoms with Gasteiger partial charge in [-0.2, -0.15) is 0 Å². The van der Waals surface area contributed by atoms with Crippen LogP contribution in [0.3, 0.4) is 0 Å². The maximum atomic E-state index is 12.0. The maximum Gasteiger partial charge on any atom is 0.315 e. The summed E-state index contributed by atoms with van der Waals surface area (Å²) < 4.78 is 10.2. The molecule has 0 unspecified atom stereocenters. The first-order valence-corrected chi connectivity index (χ1v) is 6.84. The number of hydrogen-bond acceptors (Lipinski definition) is 6. The molecule has 0 aliphatic heterocycles. The molecule has 7 heteroatoms. The van der Waals surface area contributed by atoms with Gasteiger partial charge in [-0.1, -0.05) is 18.2 Å². The van der Waals surface area contributed by atoms with Crippen LogP contribution in [0.4, 0.5) is 5.69 Å². The van der Waals surface area contributed by atoms with E-state index in [1.807, 2.05) is 0 Å². The van der Waals surface area contributed by atoms with Gasteiger partial charge in [0.15, 0.2) is 0 Å². The minimum Gasteiger partial charge on any atom is -0.497 e. The van der Waals surface area contributed by atoms with Gasteiger partial charge in [0.05, 0.1) is 18.5 Å². The summed E-state index contributed by atoms with van der Waals surface area (Å²) in [7, 11) is 1.53. The molecule has 2 aromatic carbocycles. The maximum absolute atomic E-state index is 12.0. The Kier molecular flexibility index (Phi) is 5.27. The van der Waals surface area contributed by atoms with Crippen LogP contribution in [0, 0.1) is 10.1 Å². The first-order chi connectivity index (χ1) is 11.0. The number of nitrogens with two attached hydrogens (primary N) is 1. The second-order valence-corrected chi connectivity index (χ2v) is 4.77. The highest BCUT2D eigenvalue weighted by molar-refractivity contribution is 5.76. The molecule has 0 saturated carbocycles. The van der Waals surface area contributed by atoms with Crippen molar-refractivity contribution < 1.29 is 19.2 Å². The van der Waals surface area contributed by atoms with Gasteiger partial charge < -0.3 is 15.2 Å². The smallest absolute Gasteiger partial charge is 0.315 e. The third kappa shape index (κ3) is 4.27. The van der Waals surface area contributed by atoms with E-state index < -0.39 is 10.9 Å². The van der Waals surface area contributed by atoms with E-state index in [4.69, 9.17) is 15.2 Å². The van der Waals surface area contributed by atoms with Crippen molar-refractivity contribution in [1.82, 2.24) is 0 Å². The monoisotopic (exact) mass is 316 g/mol. The quantitative estimate of drug-likeness (QED) is 0.379. The van der Waals surface area contributed by atoms with E-state index in [0.717, 1.165) is 0 Å². The summed E-state index contributed by atoms with van der Waals surface area (Å²) in [6.07, 6.45) is -0.0266. The zero-order chi connectivity index (χ0) is 16.8. The van der Waals surface area contributed by atoms with Crippen molar-refractivity contribution in [3.05, 3.63) is 63.7 Å². The van der Waals surface area contributed by atoms with Crippen molar-refractivity contribution in [2.45, 2.75) is 13.0 Å². The number of esters is 1. The first-order valence-electron chi connectivity index (χ1n) is 6.84. The molecule has 0 radical (unpaired) electrons. The zero-order valence-electron chi connectivity index (χ0n) is 12.5. The Labute approximate surface area is 132 Å². The van der Waals surface area contributed by atoms with Gasteiger partial charge in [-0.15, -0.1) is 0 Å². The fourth-order valence-electron chi connectivity index (χ4n) is 2.03. The van der Waals surface area contributed by atoms with Crippen molar-refractivity contribution in [3.63, 3.8) is 0 Å². The molecule has 0 saturated heterocycles. The van der Waals surface area contributed by atoms with Crippen LogP contribution in [-0.2, 0) is 17.8 Å². The van der Waals surface area contributed by atoms with Crippen LogP contribution >= 0.6 is 0 Å². The molecule has 0 aliphatic rings. The lowest BCUT2D eigenvalue weighted by Crippen LogP contribution is -2.13. The molecule has 0 fully saturated rings. The van der Waals surface area contributed by atoms with E-state index in [1.54, 1.807) is 24.3 Å². The molecule has 120 valence electrons. The zero-order valence-corrected chi connectivity index (χ0v) is 12.5. The molecule has 0 aromatic heterocycles. The number of rotatable bonds is 6. The highest BCUT2D eigenvalue weighted by Crippen LogP contribution is 2.28. The summed E-state index contributed by atoms with van der Waals surface area (Å²) >= 11 is 0. The van der Waals surface area contributed by atoms with Crippen LogP contribution in [0.15, 0.2) is 42.5 Å². The van der Waals surface area contributed by atoms with Crippen molar-refractivity contribution in [2.75, 3.05) is 7.11 Å². The van der Waals surface area contributed by atoms with E-state index in [2.05, 4.69) is 0 Å². The van der Waals surface area contributed by atoms with Gasteiger partial charge in [-0.05, 0) is 29.3 Å². The van der Waals surface area contributed by atoms with Crippen LogP contribution in [0.5, 0.6) is 11.5 Å². The molecule has 0 atom stereocenters. The number of benzene rings is 2. The standard InChI is InChI=1S/C16H16N2O5/c1-22-13-4-2-3-11(7-13)9-16(19)23-15-8-12(10-17)5-6-14(15)18(20)21/h2-8H,9-10,17H2,1H3. The number of nitro groups is 1. The second-order valence-electron chi connectivity index (χ2n) is 4.77. The van der Waals surface area contributed by atoms with Gasteiger partial charge in [0, 0.05) is 12.6 Å². The number of nitrogens with zero attached hydrogens (tertiary/aromatic N) is 1. The Balaban J connectivity index is 2.17. The summed E-state index contributed by atoms with van der Waals surface area (Å²) in [6.45, 7) is 0.193. The molecule has 2 aromatic rings. The van der Waals surface area contributed by atoms with E-state index in [0.29, 0.717) is 16.9 Å². The van der Waals surface area contributed by atoms with E-state index in [-0.39, 0.29) is 24.4 Å². The summed E-state index contributed by atoms with van der Waals surface area (Å²) in [5.41, 5.74) is 6.56. The fraction of sp³-hybridized carbons (Fsp3) is 0.188. The third-order valence-corrected chi connectivity index (χ3v) is 3.16. The van der Waals surface area contributed by atoms with Gasteiger partial charge in [-0.3, -0.25) is 14.9 Å². The van der Waals surface area contributed by atoms with Crippen LogP contribution < -0.4 is 15.2 Å². The molecule has 23 heavy (non-hydrogen) atoms. The number of hydrogen-bond donors (Lipinski definition) is 1. The minimum atomic E-state index is -0.603. The molecule has 0 spiro atoms. The normalized spacial score (nSPS) is 10.2. The van der Waals surface area contributed by atoms with Gasteiger partial charge >= 0.3 is 11.7 Å². The van der Waals surface area contributed by atoms with Gasteiger partial charge in [0.1, 0.15) is 5.75 Å². The van der Waals surface area contributed by atoms with Gasteiger partial charge in [0.25, 0.3) is 0 Å². The van der Waals surface area contributed by atoms with Crippen molar-refractivity contribution in [1.29, 1.82) is 0 Å². The Morgan fingerprint density at radius 2 is 2.00 bits per heavy atom. The third-order valence-electron chi connectivity index (χ3n) is 3.16. The highest BCUT2D eigenvalue weighted by atomic mass is 16.6. The number of carbonyl (C=O) groups excluding carboxylic acids is 1. The second kappa shape index (κ2) is 7.37. The number of methoxy groups -OCH3 is 1. The average Bonchev–Trinajstić information content (AvgIpc) is 2.54. The molecular weight excluding hydrogens is 300 g/mol. The molecular formula is C16H16N2O5. The lowest BCUT2D eigenvalue weighted by molar-refractivity contribution is -0.385. The highest BCUT2D eigenvalue weighted by Gasteiger charge is 2.18. The summed E-state index contributed by atoms with van der Waals surface area (Å²) in [5.74, 6) is -0.0900. The number of carbonyl (C=O) groups is 1. The lowest BCUT2D eigenvalue weighted by atomic mass is 10.1. The minimum absolute atomic E-state index is 0.0266. The molecule has 7 nitrogen and oxygen atoms in total. The summed E-state index contributed by atoms with van der Waals surface area (Å²) in [4.78, 5) is 22.4. The van der Waals surface area contributed by atoms with E-state index >= 15 is 0 Å². The largest absolute Gasteiger partial charge is 0.497 e. The van der Waals surface area contributed by atoms with E-state index in [1.165, 1.54) is 25.3 Å². The van der Waals surface area contributed by atoms with Crippen molar-refractivity contribution in [2.24, 2.45) is 5.73 Å². The molecule has 0 bridgehead atoms. The van der Waals surface area contributed by atoms with Crippen LogP contribution in [0.25, 0.3) is 0 Å². The van der Waals surface area contributed by atoms with E-state index in [9.17, 15) is 14.9 Å². The first kappa shape index (κ1) is 16.4. The average molecular weight is 316 g/mol. The Morgan fingerprint density at radius 3 is 2.65 bits per heavy atom. The summed E-state index contributed by atoms with van der Waals surface area (Å²) in [5, 5.41) is 11.0. The van der Waals surface area contributed by atoms with Crippen LogP contribution in [0.1, 0.15) is 11.1 Å². The number of nitro benzene ring substituents is 1. The molecule has 0 heterocycles. The number of ether oxygens (including phenoxy) is 2. The molecule has 0 aliphatic carbocycles. The van der Waals surface area contributed by atoms with Crippen LogP contribution in [-0.4, -0.2) is 18.0 Å². The predicted octanol–water partition coefficient (Wildman–Crippen LogP) is 2.21. The van der Waals surface area contributed by atoms with Gasteiger partial charge in [0.2, 0.25) is 5.75 Å². The van der Waals surface area contributed by atoms with Crippen molar-refractivity contribution >= 4 is 11.7 Å². The molecule has 2 N–H and O–H groups in total. The predicted molar refractivity (Wildman–Crippen MR) is 83.3 cm³/mol. The van der Waals surface area contributed by atoms with Gasteiger partial charge in [-0.25, -0.2) is 0 Å². The fourth-order valence-corrected chi connectivity index (χ4v) is 2.03. The molecule has 0 amide bonds. The van der Waals surface area contributed by atoms with Crippen LogP contribution in [0.2, 0.25) is 0 Å². The Hall–Kier alpha value is -2.93. The summed E-state index contributed by atoms with van der Waals surface area (Å²) in [6, 6.07) is 11.2. The Morgan fingerprint density at radius 1 is 1.22 bits per heavy atom. The lowest BCUT2D eigenvalue weighted by Gasteiger charge is -2.07. The van der Waals surface area contributed by atoms with Crippen molar-refractivity contribution in [3.8, 4) is 11.5 Å².